The number of nitrogens with zero attached hydrogens (tertiary/aromatic N) is 1. The first-order chi connectivity index (χ1) is 17.4. The van der Waals surface area contributed by atoms with Gasteiger partial charge in [-0.2, -0.15) is 0 Å². The van der Waals surface area contributed by atoms with Crippen LogP contribution in [0.2, 0.25) is 0 Å². The summed E-state index contributed by atoms with van der Waals surface area (Å²) < 4.78 is 21.1. The maximum atomic E-state index is 12.5. The van der Waals surface area contributed by atoms with Gasteiger partial charge in [-0.25, -0.2) is 9.59 Å². The third kappa shape index (κ3) is 7.21. The van der Waals surface area contributed by atoms with Crippen LogP contribution >= 0.6 is 0 Å². The zero-order valence-corrected chi connectivity index (χ0v) is 20.4. The molecule has 3 rings (SSSR count). The first-order valence-electron chi connectivity index (χ1n) is 11.7. The smallest absolute Gasteiger partial charge is 0.339 e. The number of nitrogens with one attached hydrogen (secondary N) is 1. The number of benzene rings is 2. The summed E-state index contributed by atoms with van der Waals surface area (Å²) in [4.78, 5) is 50.8. The molecule has 0 spiro atoms. The number of esters is 2. The number of carbonyl (C=O) groups excluding carboxylic acids is 4. The monoisotopic (exact) mass is 498 g/mol. The summed E-state index contributed by atoms with van der Waals surface area (Å²) in [5, 5.41) is 2.53. The van der Waals surface area contributed by atoms with E-state index in [1.165, 1.54) is 37.4 Å². The third-order valence-electron chi connectivity index (χ3n) is 5.48. The highest BCUT2D eigenvalue weighted by Gasteiger charge is 2.19. The number of methoxy groups -OCH3 is 1. The van der Waals surface area contributed by atoms with Crippen LogP contribution in [0.5, 0.6) is 11.5 Å². The molecule has 2 aromatic rings. The first-order valence-corrected chi connectivity index (χ1v) is 11.7. The van der Waals surface area contributed by atoms with Crippen molar-refractivity contribution in [2.75, 3.05) is 45.3 Å². The van der Waals surface area contributed by atoms with E-state index in [1.807, 2.05) is 0 Å². The normalized spacial score (nSPS) is 12.9. The molecule has 1 N–H and O–H groups in total. The molecule has 0 bridgehead atoms. The Hall–Kier alpha value is -4.08. The highest BCUT2D eigenvalue weighted by Crippen LogP contribution is 2.29. The third-order valence-corrected chi connectivity index (χ3v) is 5.48. The number of piperidine rings is 1. The number of ether oxygens (including phenoxy) is 4. The van der Waals surface area contributed by atoms with Crippen LogP contribution in [0.15, 0.2) is 42.5 Å². The second-order valence-electron chi connectivity index (χ2n) is 7.99. The molecule has 36 heavy (non-hydrogen) atoms. The summed E-state index contributed by atoms with van der Waals surface area (Å²) in [6.45, 7) is 2.86. The van der Waals surface area contributed by atoms with Crippen LogP contribution in [-0.4, -0.2) is 68.7 Å². The SMILES string of the molecule is CCOc1cc(C(=O)OCC(=O)Nc2ccccc2C(=O)OC)ccc1OCC(=O)N1CCCCC1. The molecule has 10 heteroatoms. The van der Waals surface area contributed by atoms with Crippen molar-refractivity contribution in [2.24, 2.45) is 0 Å². The second kappa shape index (κ2) is 13.1. The summed E-state index contributed by atoms with van der Waals surface area (Å²) in [6.07, 6.45) is 3.10. The van der Waals surface area contributed by atoms with Gasteiger partial charge in [0.15, 0.2) is 24.7 Å². The Morgan fingerprint density at radius 3 is 2.36 bits per heavy atom. The molecule has 0 radical (unpaired) electrons. The maximum Gasteiger partial charge on any atom is 0.339 e. The largest absolute Gasteiger partial charge is 0.490 e. The van der Waals surface area contributed by atoms with Gasteiger partial charge in [-0.1, -0.05) is 12.1 Å². The van der Waals surface area contributed by atoms with Crippen molar-refractivity contribution in [1.82, 2.24) is 4.90 Å². The molecule has 0 aliphatic carbocycles. The van der Waals surface area contributed by atoms with Gasteiger partial charge >= 0.3 is 11.9 Å². The van der Waals surface area contributed by atoms with E-state index in [0.29, 0.717) is 12.4 Å². The van der Waals surface area contributed by atoms with E-state index >= 15 is 0 Å². The summed E-state index contributed by atoms with van der Waals surface area (Å²) in [5.41, 5.74) is 0.566. The average Bonchev–Trinajstić information content (AvgIpc) is 2.91. The van der Waals surface area contributed by atoms with Crippen LogP contribution in [0.3, 0.4) is 0 Å². The second-order valence-corrected chi connectivity index (χ2v) is 7.99. The van der Waals surface area contributed by atoms with Crippen molar-refractivity contribution in [2.45, 2.75) is 26.2 Å². The Labute approximate surface area is 209 Å². The van der Waals surface area contributed by atoms with Gasteiger partial charge in [0.2, 0.25) is 0 Å². The van der Waals surface area contributed by atoms with E-state index in [1.54, 1.807) is 24.0 Å². The number of hydrogen-bond acceptors (Lipinski definition) is 8. The van der Waals surface area contributed by atoms with Gasteiger partial charge in [0.1, 0.15) is 0 Å². The van der Waals surface area contributed by atoms with Crippen LogP contribution < -0.4 is 14.8 Å². The van der Waals surface area contributed by atoms with E-state index < -0.39 is 24.5 Å². The number of rotatable bonds is 10. The van der Waals surface area contributed by atoms with Gasteiger partial charge in [-0.05, 0) is 56.5 Å². The summed E-state index contributed by atoms with van der Waals surface area (Å²) in [7, 11) is 1.24. The fourth-order valence-corrected chi connectivity index (χ4v) is 3.68. The summed E-state index contributed by atoms with van der Waals surface area (Å²) >= 11 is 0. The number of para-hydroxylation sites is 1. The lowest BCUT2D eigenvalue weighted by molar-refractivity contribution is -0.134. The Bertz CT molecular complexity index is 1100. The minimum Gasteiger partial charge on any atom is -0.490 e. The Balaban J connectivity index is 1.58. The number of amides is 2. The van der Waals surface area contributed by atoms with Gasteiger partial charge in [0, 0.05) is 13.1 Å². The topological polar surface area (TPSA) is 120 Å². The van der Waals surface area contributed by atoms with Crippen molar-refractivity contribution in [3.8, 4) is 11.5 Å². The fourth-order valence-electron chi connectivity index (χ4n) is 3.68. The fraction of sp³-hybridized carbons (Fsp3) is 0.385. The van der Waals surface area contributed by atoms with Gasteiger partial charge in [-0.3, -0.25) is 9.59 Å². The lowest BCUT2D eigenvalue weighted by Gasteiger charge is -2.26. The van der Waals surface area contributed by atoms with Crippen LogP contribution in [0.4, 0.5) is 5.69 Å². The maximum absolute atomic E-state index is 12.5. The summed E-state index contributed by atoms with van der Waals surface area (Å²) in [6, 6.07) is 10.8. The molecule has 0 saturated carbocycles. The lowest BCUT2D eigenvalue weighted by atomic mass is 10.1. The van der Waals surface area contributed by atoms with E-state index in [0.717, 1.165) is 32.4 Å². The minimum absolute atomic E-state index is 0.0968. The highest BCUT2D eigenvalue weighted by molar-refractivity contribution is 6.02. The first kappa shape index (κ1) is 26.5. The van der Waals surface area contributed by atoms with Gasteiger partial charge in [0.25, 0.3) is 11.8 Å². The lowest BCUT2D eigenvalue weighted by Crippen LogP contribution is -2.38. The minimum atomic E-state index is -0.747. The molecule has 0 unspecified atom stereocenters. The zero-order chi connectivity index (χ0) is 25.9. The Morgan fingerprint density at radius 2 is 1.64 bits per heavy atom. The molecular formula is C26H30N2O8. The van der Waals surface area contributed by atoms with Crippen molar-refractivity contribution in [1.29, 1.82) is 0 Å². The molecule has 1 aliphatic rings. The van der Waals surface area contributed by atoms with Gasteiger partial charge in [0.05, 0.1) is 30.5 Å². The van der Waals surface area contributed by atoms with Crippen molar-refractivity contribution in [3.63, 3.8) is 0 Å². The van der Waals surface area contributed by atoms with Gasteiger partial charge in [-0.15, -0.1) is 0 Å². The molecule has 1 saturated heterocycles. The predicted octanol–water partition coefficient (Wildman–Crippen LogP) is 3.06. The molecule has 2 aromatic carbocycles. The van der Waals surface area contributed by atoms with Gasteiger partial charge < -0.3 is 29.2 Å². The molecule has 1 aliphatic heterocycles. The van der Waals surface area contributed by atoms with Crippen LogP contribution in [0, 0.1) is 0 Å². The average molecular weight is 499 g/mol. The number of likely N-dealkylation sites (tertiary alicyclic amines) is 1. The Morgan fingerprint density at radius 1 is 0.889 bits per heavy atom. The molecule has 1 heterocycles. The van der Waals surface area contributed by atoms with E-state index in [-0.39, 0.29) is 35.1 Å². The van der Waals surface area contributed by atoms with Crippen molar-refractivity contribution < 1.29 is 38.1 Å². The van der Waals surface area contributed by atoms with Crippen LogP contribution in [-0.2, 0) is 19.1 Å². The van der Waals surface area contributed by atoms with E-state index in [4.69, 9.17) is 18.9 Å². The molecule has 1 fully saturated rings. The number of hydrogen-bond donors (Lipinski definition) is 1. The molecule has 0 aromatic heterocycles. The van der Waals surface area contributed by atoms with Crippen molar-refractivity contribution >= 4 is 29.4 Å². The zero-order valence-electron chi connectivity index (χ0n) is 20.4. The summed E-state index contributed by atoms with van der Waals surface area (Å²) in [5.74, 6) is -1.46. The Kier molecular flexibility index (Phi) is 9.67. The van der Waals surface area contributed by atoms with Crippen LogP contribution in [0.25, 0.3) is 0 Å². The van der Waals surface area contributed by atoms with Crippen LogP contribution in [0.1, 0.15) is 46.9 Å². The number of anilines is 1. The van der Waals surface area contributed by atoms with Crippen molar-refractivity contribution in [3.05, 3.63) is 53.6 Å². The molecule has 192 valence electrons. The molecule has 2 amide bonds. The molecule has 10 nitrogen and oxygen atoms in total. The molecule has 0 atom stereocenters. The van der Waals surface area contributed by atoms with E-state index in [9.17, 15) is 19.2 Å². The highest BCUT2D eigenvalue weighted by atomic mass is 16.5. The number of carbonyl (C=O) groups is 4. The predicted molar refractivity (Wildman–Crippen MR) is 130 cm³/mol. The standard InChI is InChI=1S/C26H30N2O8/c1-3-34-22-15-18(11-12-21(22)35-17-24(30)28-13-7-4-8-14-28)25(31)36-16-23(29)27-20-10-6-5-9-19(20)26(32)33-2/h5-6,9-12,15H,3-4,7-8,13-14,16-17H2,1-2H3,(H,27,29). The molecular weight excluding hydrogens is 468 g/mol. The van der Waals surface area contributed by atoms with E-state index in [2.05, 4.69) is 5.32 Å². The quantitative estimate of drug-likeness (QED) is 0.496.